The van der Waals surface area contributed by atoms with E-state index in [0.29, 0.717) is 12.5 Å². The predicted molar refractivity (Wildman–Crippen MR) is 72.3 cm³/mol. The Balaban J connectivity index is 4.14. The lowest BCUT2D eigenvalue weighted by Gasteiger charge is -2.30. The molecule has 2 nitrogen and oxygen atoms in total. The molecule has 16 heavy (non-hydrogen) atoms. The number of carbonyl (C=O) groups is 1. The average Bonchev–Trinajstić information content (AvgIpc) is 2.33. The fraction of sp³-hybridized carbons (Fsp3) is 0.769. The van der Waals surface area contributed by atoms with Crippen LogP contribution < -0.4 is 0 Å². The molecule has 0 bridgehead atoms. The van der Waals surface area contributed by atoms with E-state index in [2.05, 4.69) is 34.3 Å². The molecule has 0 aromatic rings. The largest absolute Gasteiger partial charge is 0.462 e. The summed E-state index contributed by atoms with van der Waals surface area (Å²) < 4.78 is 5.10. The molecule has 0 fully saturated rings. The van der Waals surface area contributed by atoms with Crippen LogP contribution in [0.4, 0.5) is 0 Å². The summed E-state index contributed by atoms with van der Waals surface area (Å²) in [5, 5.41) is 0. The standard InChI is InChI=1S/C13H26O2Si/c1-6-13(14)15-10-12(5)11-16(7-2,8-3)9-4/h6,12H,1,7-11H2,2-5H3. The van der Waals surface area contributed by atoms with Crippen LogP contribution in [0, 0.1) is 5.92 Å². The van der Waals surface area contributed by atoms with E-state index in [0.717, 1.165) is 0 Å². The van der Waals surface area contributed by atoms with Crippen molar-refractivity contribution in [3.63, 3.8) is 0 Å². The molecule has 0 saturated carbocycles. The Hall–Kier alpha value is -0.573. The molecule has 3 heteroatoms. The van der Waals surface area contributed by atoms with Gasteiger partial charge < -0.3 is 4.74 Å². The van der Waals surface area contributed by atoms with Gasteiger partial charge in [0.1, 0.15) is 0 Å². The number of hydrogen-bond donors (Lipinski definition) is 0. The first-order valence-electron chi connectivity index (χ1n) is 6.32. The minimum absolute atomic E-state index is 0.302. The fourth-order valence-electron chi connectivity index (χ4n) is 2.26. The molecule has 0 heterocycles. The molecule has 0 aromatic heterocycles. The highest BCUT2D eigenvalue weighted by molar-refractivity contribution is 6.79. The number of rotatable bonds is 8. The van der Waals surface area contributed by atoms with E-state index < -0.39 is 8.07 Å². The van der Waals surface area contributed by atoms with Gasteiger partial charge in [-0.3, -0.25) is 0 Å². The van der Waals surface area contributed by atoms with Crippen LogP contribution in [0.2, 0.25) is 24.2 Å². The summed E-state index contributed by atoms with van der Waals surface area (Å²) in [6, 6.07) is 5.26. The zero-order chi connectivity index (χ0) is 12.6. The molecular weight excluding hydrogens is 216 g/mol. The summed E-state index contributed by atoms with van der Waals surface area (Å²) in [7, 11) is -1.08. The van der Waals surface area contributed by atoms with Crippen molar-refractivity contribution >= 4 is 14.0 Å². The van der Waals surface area contributed by atoms with Gasteiger partial charge in [-0.1, -0.05) is 58.5 Å². The molecule has 0 aliphatic carbocycles. The lowest BCUT2D eigenvalue weighted by Crippen LogP contribution is -2.34. The highest BCUT2D eigenvalue weighted by Crippen LogP contribution is 2.28. The molecule has 94 valence electrons. The number of carbonyl (C=O) groups excluding carboxylic acids is 1. The van der Waals surface area contributed by atoms with Gasteiger partial charge in [-0.05, 0) is 5.92 Å². The Kier molecular flexibility index (Phi) is 7.39. The molecule has 0 rings (SSSR count). The van der Waals surface area contributed by atoms with Gasteiger partial charge in [0, 0.05) is 6.08 Å². The lowest BCUT2D eigenvalue weighted by molar-refractivity contribution is -0.138. The van der Waals surface area contributed by atoms with Crippen molar-refractivity contribution in [3.8, 4) is 0 Å². The minimum Gasteiger partial charge on any atom is -0.462 e. The van der Waals surface area contributed by atoms with Gasteiger partial charge in [-0.15, -0.1) is 0 Å². The number of hydrogen-bond acceptors (Lipinski definition) is 2. The summed E-state index contributed by atoms with van der Waals surface area (Å²) in [5.41, 5.74) is 0. The monoisotopic (exact) mass is 242 g/mol. The molecule has 0 amide bonds. The van der Waals surface area contributed by atoms with Gasteiger partial charge >= 0.3 is 5.97 Å². The maximum Gasteiger partial charge on any atom is 0.330 e. The summed E-state index contributed by atoms with van der Waals surface area (Å²) in [6.07, 6.45) is 1.23. The van der Waals surface area contributed by atoms with Crippen LogP contribution in [0.1, 0.15) is 27.7 Å². The first kappa shape index (κ1) is 15.4. The summed E-state index contributed by atoms with van der Waals surface area (Å²) in [6.45, 7) is 13.0. The molecular formula is C13H26O2Si. The van der Waals surface area contributed by atoms with Crippen LogP contribution in [0.15, 0.2) is 12.7 Å². The predicted octanol–water partition coefficient (Wildman–Crippen LogP) is 3.86. The van der Waals surface area contributed by atoms with Crippen LogP contribution in [-0.4, -0.2) is 20.7 Å². The first-order valence-corrected chi connectivity index (χ1v) is 9.15. The topological polar surface area (TPSA) is 26.3 Å². The molecule has 0 saturated heterocycles. The number of ether oxygens (including phenoxy) is 1. The molecule has 0 radical (unpaired) electrons. The van der Waals surface area contributed by atoms with E-state index in [1.165, 1.54) is 30.3 Å². The third-order valence-electron chi connectivity index (χ3n) is 3.71. The van der Waals surface area contributed by atoms with E-state index in [1.54, 1.807) is 0 Å². The van der Waals surface area contributed by atoms with Crippen molar-refractivity contribution in [2.45, 2.75) is 51.9 Å². The quantitative estimate of drug-likeness (QED) is 0.367. The van der Waals surface area contributed by atoms with Gasteiger partial charge in [0.05, 0.1) is 14.7 Å². The molecule has 0 spiro atoms. The summed E-state index contributed by atoms with van der Waals surface area (Å²) >= 11 is 0. The van der Waals surface area contributed by atoms with Crippen molar-refractivity contribution in [1.29, 1.82) is 0 Å². The Bertz CT molecular complexity index is 214. The van der Waals surface area contributed by atoms with Crippen LogP contribution in [0.3, 0.4) is 0 Å². The smallest absolute Gasteiger partial charge is 0.330 e. The van der Waals surface area contributed by atoms with E-state index >= 15 is 0 Å². The van der Waals surface area contributed by atoms with Gasteiger partial charge in [-0.25, -0.2) is 4.79 Å². The second-order valence-electron chi connectivity index (χ2n) is 4.70. The van der Waals surface area contributed by atoms with Gasteiger partial charge in [0.2, 0.25) is 0 Å². The third kappa shape index (κ3) is 4.97. The first-order chi connectivity index (χ1) is 7.53. The van der Waals surface area contributed by atoms with E-state index in [1.807, 2.05) is 0 Å². The molecule has 1 unspecified atom stereocenters. The Morgan fingerprint density at radius 3 is 2.19 bits per heavy atom. The van der Waals surface area contributed by atoms with Crippen LogP contribution in [-0.2, 0) is 9.53 Å². The van der Waals surface area contributed by atoms with Crippen molar-refractivity contribution < 1.29 is 9.53 Å². The van der Waals surface area contributed by atoms with Crippen LogP contribution in [0.5, 0.6) is 0 Å². The van der Waals surface area contributed by atoms with Crippen molar-refractivity contribution in [3.05, 3.63) is 12.7 Å². The molecule has 1 atom stereocenters. The van der Waals surface area contributed by atoms with E-state index in [9.17, 15) is 4.79 Å². The fourth-order valence-corrected chi connectivity index (χ4v) is 6.23. The Morgan fingerprint density at radius 1 is 1.31 bits per heavy atom. The highest BCUT2D eigenvalue weighted by Gasteiger charge is 2.28. The Labute approximate surface area is 101 Å². The third-order valence-corrected chi connectivity index (χ3v) is 9.77. The van der Waals surface area contributed by atoms with Crippen LogP contribution >= 0.6 is 0 Å². The van der Waals surface area contributed by atoms with E-state index in [4.69, 9.17) is 4.74 Å². The van der Waals surface area contributed by atoms with Gasteiger partial charge in [0.15, 0.2) is 0 Å². The number of esters is 1. The molecule has 0 aliphatic heterocycles. The second kappa shape index (κ2) is 7.66. The van der Waals surface area contributed by atoms with Crippen molar-refractivity contribution in [1.82, 2.24) is 0 Å². The highest BCUT2D eigenvalue weighted by atomic mass is 28.3. The second-order valence-corrected chi connectivity index (χ2v) is 10.2. The van der Waals surface area contributed by atoms with Crippen molar-refractivity contribution in [2.24, 2.45) is 5.92 Å². The zero-order valence-corrected chi connectivity index (χ0v) is 12.2. The zero-order valence-electron chi connectivity index (χ0n) is 11.2. The summed E-state index contributed by atoms with van der Waals surface area (Å²) in [5.74, 6) is 0.180. The maximum absolute atomic E-state index is 11.0. The SMILES string of the molecule is C=CC(=O)OCC(C)C[Si](CC)(CC)CC. The molecule has 0 aliphatic rings. The molecule has 0 N–H and O–H groups in total. The summed E-state index contributed by atoms with van der Waals surface area (Å²) in [4.78, 5) is 11.0. The van der Waals surface area contributed by atoms with Crippen LogP contribution in [0.25, 0.3) is 0 Å². The average molecular weight is 242 g/mol. The molecule has 0 aromatic carbocycles. The van der Waals surface area contributed by atoms with Gasteiger partial charge in [0.25, 0.3) is 0 Å². The Morgan fingerprint density at radius 2 is 1.81 bits per heavy atom. The maximum atomic E-state index is 11.0. The lowest BCUT2D eigenvalue weighted by atomic mass is 10.2. The van der Waals surface area contributed by atoms with Gasteiger partial charge in [-0.2, -0.15) is 0 Å². The van der Waals surface area contributed by atoms with Crippen molar-refractivity contribution in [2.75, 3.05) is 6.61 Å². The van der Waals surface area contributed by atoms with E-state index in [-0.39, 0.29) is 5.97 Å². The minimum atomic E-state index is -1.08. The normalized spacial score (nSPS) is 13.2.